The van der Waals surface area contributed by atoms with Gasteiger partial charge in [0.15, 0.2) is 0 Å². The number of phenolic OH excluding ortho intramolecular Hbond substituents is 1. The van der Waals surface area contributed by atoms with Crippen LogP contribution in [0.5, 0.6) is 5.75 Å². The Bertz CT molecular complexity index is 507. The Hall–Kier alpha value is -2.12. The normalized spacial score (nSPS) is 11.9. The number of benzene rings is 1. The summed E-state index contributed by atoms with van der Waals surface area (Å²) in [6.07, 6.45) is 1.13. The third-order valence-corrected chi connectivity index (χ3v) is 3.45. The van der Waals surface area contributed by atoms with Gasteiger partial charge in [-0.1, -0.05) is 18.2 Å². The monoisotopic (exact) mass is 309 g/mol. The van der Waals surface area contributed by atoms with Crippen molar-refractivity contribution in [3.63, 3.8) is 0 Å². The third-order valence-electron chi connectivity index (χ3n) is 3.45. The van der Waals surface area contributed by atoms with Crippen LogP contribution in [0.2, 0.25) is 0 Å². The molecule has 0 aromatic heterocycles. The highest BCUT2D eigenvalue weighted by Gasteiger charge is 2.28. The number of aromatic hydroxyl groups is 1. The van der Waals surface area contributed by atoms with E-state index < -0.39 is 17.9 Å². The van der Waals surface area contributed by atoms with Gasteiger partial charge in [-0.25, -0.2) is 4.79 Å². The van der Waals surface area contributed by atoms with Gasteiger partial charge >= 0.3 is 5.97 Å². The van der Waals surface area contributed by atoms with Crippen LogP contribution in [-0.4, -0.2) is 52.7 Å². The summed E-state index contributed by atoms with van der Waals surface area (Å²) in [5, 5.41) is 19.1. The summed E-state index contributed by atoms with van der Waals surface area (Å²) >= 11 is 0. The Kier molecular flexibility index (Phi) is 7.34. The average Bonchev–Trinajstić information content (AvgIpc) is 2.51. The number of aliphatic carboxylic acids is 1. The first-order chi connectivity index (χ1) is 10.5. The predicted octanol–water partition coefficient (Wildman–Crippen LogP) is -0.0859. The minimum atomic E-state index is -1.08. The van der Waals surface area contributed by atoms with Crippen LogP contribution >= 0.6 is 0 Å². The number of hydrogen-bond acceptors (Lipinski definition) is 5. The maximum Gasteiger partial charge on any atom is 0.326 e. The number of amides is 1. The van der Waals surface area contributed by atoms with Crippen molar-refractivity contribution < 1.29 is 19.8 Å². The lowest BCUT2D eigenvalue weighted by molar-refractivity contribution is -0.150. The number of carbonyl (C=O) groups excluding carboxylic acids is 1. The molecule has 22 heavy (non-hydrogen) atoms. The van der Waals surface area contributed by atoms with Crippen molar-refractivity contribution in [2.75, 3.05) is 19.6 Å². The van der Waals surface area contributed by atoms with Crippen molar-refractivity contribution in [3.8, 4) is 5.75 Å². The number of para-hydroxylation sites is 1. The van der Waals surface area contributed by atoms with Gasteiger partial charge in [0.2, 0.25) is 5.91 Å². The van der Waals surface area contributed by atoms with E-state index >= 15 is 0 Å². The lowest BCUT2D eigenvalue weighted by atomic mass is 10.1. The molecule has 0 aliphatic carbocycles. The van der Waals surface area contributed by atoms with Gasteiger partial charge in [-0.15, -0.1) is 0 Å². The van der Waals surface area contributed by atoms with Crippen molar-refractivity contribution in [1.29, 1.82) is 0 Å². The van der Waals surface area contributed by atoms with Crippen molar-refractivity contribution in [2.45, 2.75) is 25.3 Å². The highest BCUT2D eigenvalue weighted by Crippen LogP contribution is 2.17. The summed E-state index contributed by atoms with van der Waals surface area (Å²) in [5.41, 5.74) is 11.4. The Morgan fingerprint density at radius 3 is 2.45 bits per heavy atom. The second-order valence-electron chi connectivity index (χ2n) is 4.95. The number of rotatable bonds is 9. The van der Waals surface area contributed by atoms with E-state index in [1.165, 1.54) is 4.90 Å². The van der Waals surface area contributed by atoms with E-state index in [1.54, 1.807) is 24.3 Å². The molecular weight excluding hydrogens is 286 g/mol. The second kappa shape index (κ2) is 9.01. The fourth-order valence-corrected chi connectivity index (χ4v) is 2.26. The van der Waals surface area contributed by atoms with Gasteiger partial charge in [0, 0.05) is 6.54 Å². The van der Waals surface area contributed by atoms with E-state index in [9.17, 15) is 19.8 Å². The van der Waals surface area contributed by atoms with Gasteiger partial charge in [0.25, 0.3) is 0 Å². The molecule has 7 nitrogen and oxygen atoms in total. The van der Waals surface area contributed by atoms with E-state index in [1.807, 2.05) is 0 Å². The van der Waals surface area contributed by atoms with E-state index in [2.05, 4.69) is 0 Å². The molecule has 1 aromatic rings. The fraction of sp³-hybridized carbons (Fsp3) is 0.467. The highest BCUT2D eigenvalue weighted by molar-refractivity contribution is 5.84. The molecule has 1 atom stereocenters. The summed E-state index contributed by atoms with van der Waals surface area (Å²) in [4.78, 5) is 24.6. The lowest BCUT2D eigenvalue weighted by Gasteiger charge is -2.29. The second-order valence-corrected chi connectivity index (χ2v) is 4.95. The van der Waals surface area contributed by atoms with E-state index in [4.69, 9.17) is 11.5 Å². The van der Waals surface area contributed by atoms with Crippen LogP contribution in [0.1, 0.15) is 18.4 Å². The molecule has 0 aliphatic rings. The fourth-order valence-electron chi connectivity index (χ4n) is 2.26. The number of nitrogens with two attached hydrogens (primary N) is 2. The van der Waals surface area contributed by atoms with Crippen molar-refractivity contribution >= 4 is 11.9 Å². The Balaban J connectivity index is 2.85. The molecule has 1 rings (SSSR count). The van der Waals surface area contributed by atoms with Crippen LogP contribution in [0, 0.1) is 0 Å². The molecule has 0 unspecified atom stereocenters. The van der Waals surface area contributed by atoms with Crippen molar-refractivity contribution in [1.82, 2.24) is 4.90 Å². The number of carboxylic acids is 1. The molecule has 122 valence electrons. The molecule has 0 saturated heterocycles. The summed E-state index contributed by atoms with van der Waals surface area (Å²) < 4.78 is 0. The minimum absolute atomic E-state index is 0.122. The standard InChI is InChI=1S/C15H23N3O4/c16-8-3-5-12(15(21)22)18(14(20)10-17)9-7-11-4-1-2-6-13(11)19/h1-2,4,6,12,19H,3,5,7-10,16-17H2,(H,21,22)/t12-/m0/s1. The first-order valence-electron chi connectivity index (χ1n) is 7.20. The topological polar surface area (TPSA) is 130 Å². The Morgan fingerprint density at radius 2 is 1.91 bits per heavy atom. The first kappa shape index (κ1) is 17.9. The van der Waals surface area contributed by atoms with Crippen molar-refractivity contribution in [3.05, 3.63) is 29.8 Å². The predicted molar refractivity (Wildman–Crippen MR) is 82.3 cm³/mol. The minimum Gasteiger partial charge on any atom is -0.508 e. The van der Waals surface area contributed by atoms with Crippen LogP contribution in [0.4, 0.5) is 0 Å². The zero-order chi connectivity index (χ0) is 16.5. The zero-order valence-corrected chi connectivity index (χ0v) is 12.4. The van der Waals surface area contributed by atoms with Crippen LogP contribution < -0.4 is 11.5 Å². The summed E-state index contributed by atoms with van der Waals surface area (Å²) in [6.45, 7) is 0.274. The number of nitrogens with zero attached hydrogens (tertiary/aromatic N) is 1. The van der Waals surface area contributed by atoms with Gasteiger partial charge in [-0.3, -0.25) is 4.79 Å². The first-order valence-corrected chi connectivity index (χ1v) is 7.20. The Labute approximate surface area is 129 Å². The summed E-state index contributed by atoms with van der Waals surface area (Å²) in [6, 6.07) is 5.80. The summed E-state index contributed by atoms with van der Waals surface area (Å²) in [7, 11) is 0. The van der Waals surface area contributed by atoms with Gasteiger partial charge in [0.05, 0.1) is 6.54 Å². The van der Waals surface area contributed by atoms with E-state index in [0.717, 1.165) is 0 Å². The van der Waals surface area contributed by atoms with Crippen molar-refractivity contribution in [2.24, 2.45) is 11.5 Å². The van der Waals surface area contributed by atoms with Gasteiger partial charge in [0.1, 0.15) is 11.8 Å². The number of carboxylic acid groups (broad SMARTS) is 1. The average molecular weight is 309 g/mol. The molecule has 7 heteroatoms. The molecule has 0 spiro atoms. The number of hydrogen-bond donors (Lipinski definition) is 4. The van der Waals surface area contributed by atoms with Crippen LogP contribution in [0.25, 0.3) is 0 Å². The Morgan fingerprint density at radius 1 is 1.23 bits per heavy atom. The largest absolute Gasteiger partial charge is 0.508 e. The van der Waals surface area contributed by atoms with E-state index in [-0.39, 0.29) is 25.3 Å². The number of carbonyl (C=O) groups is 2. The summed E-state index contributed by atoms with van der Waals surface area (Å²) in [5.74, 6) is -1.39. The molecule has 0 bridgehead atoms. The number of phenols is 1. The maximum atomic E-state index is 12.0. The van der Waals surface area contributed by atoms with Crippen LogP contribution in [0.3, 0.4) is 0 Å². The van der Waals surface area contributed by atoms with Crippen LogP contribution in [0.15, 0.2) is 24.3 Å². The van der Waals surface area contributed by atoms with Crippen LogP contribution in [-0.2, 0) is 16.0 Å². The molecular formula is C15H23N3O4. The third kappa shape index (κ3) is 5.01. The van der Waals surface area contributed by atoms with Gasteiger partial charge < -0.3 is 26.6 Å². The quantitative estimate of drug-likeness (QED) is 0.504. The van der Waals surface area contributed by atoms with Gasteiger partial charge in [-0.2, -0.15) is 0 Å². The SMILES string of the molecule is NCCC[C@@H](C(=O)O)N(CCc1ccccc1O)C(=O)CN. The van der Waals surface area contributed by atoms with Gasteiger partial charge in [-0.05, 0) is 37.4 Å². The molecule has 0 saturated carbocycles. The molecule has 1 amide bonds. The molecule has 6 N–H and O–H groups in total. The molecule has 0 aliphatic heterocycles. The molecule has 0 fully saturated rings. The molecule has 0 heterocycles. The molecule has 1 aromatic carbocycles. The van der Waals surface area contributed by atoms with E-state index in [0.29, 0.717) is 24.9 Å². The molecule has 0 radical (unpaired) electrons. The maximum absolute atomic E-state index is 12.0. The lowest BCUT2D eigenvalue weighted by Crippen LogP contribution is -2.48. The smallest absolute Gasteiger partial charge is 0.326 e. The zero-order valence-electron chi connectivity index (χ0n) is 12.4. The highest BCUT2D eigenvalue weighted by atomic mass is 16.4.